The molecule has 2 aromatic heterocycles. The lowest BCUT2D eigenvalue weighted by atomic mass is 9.91. The van der Waals surface area contributed by atoms with Gasteiger partial charge in [-0.2, -0.15) is 0 Å². The highest BCUT2D eigenvalue weighted by atomic mass is 31.2. The predicted molar refractivity (Wildman–Crippen MR) is 133 cm³/mol. The normalized spacial score (nSPS) is 35.4. The maximum Gasteiger partial charge on any atom is 0.476 e. The number of hydrogen-bond acceptors (Lipinski definition) is 10. The van der Waals surface area contributed by atoms with E-state index >= 15 is 0 Å². The Bertz CT molecular complexity index is 1330. The number of fused-ring (bicyclic) bond motifs is 1. The van der Waals surface area contributed by atoms with Gasteiger partial charge in [0.15, 0.2) is 6.23 Å². The van der Waals surface area contributed by atoms with Crippen molar-refractivity contribution >= 4 is 24.7 Å². The molecule has 0 amide bonds. The van der Waals surface area contributed by atoms with Gasteiger partial charge >= 0.3 is 7.82 Å². The molecule has 1 aromatic carbocycles. The fraction of sp³-hybridized carbons (Fsp3) is 0.520. The van der Waals surface area contributed by atoms with Gasteiger partial charge in [0.25, 0.3) is 0 Å². The monoisotopic (exact) mass is 530 g/mol. The molecule has 4 N–H and O–H groups in total. The summed E-state index contributed by atoms with van der Waals surface area (Å²) in [7, 11) is -4.01. The maximum atomic E-state index is 13.8. The highest BCUT2D eigenvalue weighted by Crippen LogP contribution is 2.65. The number of hydrogen-bond donors (Lipinski definition) is 3. The number of aliphatic hydroxyl groups excluding tert-OH is 1. The molecule has 198 valence electrons. The molecule has 11 nitrogen and oxygen atoms in total. The van der Waals surface area contributed by atoms with Crippen LogP contribution in [0.25, 0.3) is 11.0 Å². The highest BCUT2D eigenvalue weighted by molar-refractivity contribution is 7.48. The number of rotatable bonds is 5. The molecular weight excluding hydrogens is 499 g/mol. The van der Waals surface area contributed by atoms with Gasteiger partial charge in [-0.05, 0) is 31.4 Å². The highest BCUT2D eigenvalue weighted by Gasteiger charge is 2.55. The topological polar surface area (TPSA) is 151 Å². The van der Waals surface area contributed by atoms with E-state index < -0.39 is 43.6 Å². The van der Waals surface area contributed by atoms with E-state index in [4.69, 9.17) is 24.0 Å². The SMILES string of the molecule is C[C@@]1(O)[C@H](O)[C@@H](COP2(=O)O[C@H](c3ccccc3)CC3(CCCC3)O2)O[C@H]1n1ccc2c(N)ncnc21. The van der Waals surface area contributed by atoms with E-state index in [1.807, 2.05) is 30.3 Å². The molecular formula is C25H31N4O7P. The largest absolute Gasteiger partial charge is 0.476 e. The van der Waals surface area contributed by atoms with Gasteiger partial charge in [0, 0.05) is 12.6 Å². The van der Waals surface area contributed by atoms with E-state index in [1.54, 1.807) is 16.8 Å². The van der Waals surface area contributed by atoms with Crippen LogP contribution >= 0.6 is 7.82 Å². The first-order chi connectivity index (χ1) is 17.7. The van der Waals surface area contributed by atoms with E-state index in [2.05, 4.69) is 9.97 Å². The molecule has 6 rings (SSSR count). The summed E-state index contributed by atoms with van der Waals surface area (Å²) in [5, 5.41) is 22.8. The number of nitrogen functional groups attached to an aromatic ring is 1. The van der Waals surface area contributed by atoms with Crippen molar-refractivity contribution in [3.8, 4) is 0 Å². The first-order valence-electron chi connectivity index (χ1n) is 12.5. The molecule has 1 aliphatic carbocycles. The van der Waals surface area contributed by atoms with Crippen LogP contribution in [0.3, 0.4) is 0 Å². The average molecular weight is 531 g/mol. The first kappa shape index (κ1) is 24.9. The van der Waals surface area contributed by atoms with E-state index in [9.17, 15) is 14.8 Å². The number of anilines is 1. The van der Waals surface area contributed by atoms with E-state index in [-0.39, 0.29) is 6.61 Å². The average Bonchev–Trinajstić information content (AvgIpc) is 3.56. The van der Waals surface area contributed by atoms with Crippen molar-refractivity contribution in [3.05, 3.63) is 54.5 Å². The Labute approximate surface area is 214 Å². The Morgan fingerprint density at radius 3 is 2.73 bits per heavy atom. The first-order valence-corrected chi connectivity index (χ1v) is 14.0. The quantitative estimate of drug-likeness (QED) is 0.417. The lowest BCUT2D eigenvalue weighted by molar-refractivity contribution is -0.0979. The molecule has 6 atom stereocenters. The smallest absolute Gasteiger partial charge is 0.387 e. The van der Waals surface area contributed by atoms with Gasteiger partial charge in [0.2, 0.25) is 0 Å². The minimum Gasteiger partial charge on any atom is -0.387 e. The van der Waals surface area contributed by atoms with Crippen LogP contribution < -0.4 is 5.73 Å². The molecule has 3 aliphatic rings. The summed E-state index contributed by atoms with van der Waals surface area (Å²) in [5.41, 5.74) is 5.01. The minimum absolute atomic E-state index is 0.292. The van der Waals surface area contributed by atoms with Gasteiger partial charge < -0.3 is 25.3 Å². The molecule has 4 heterocycles. The van der Waals surface area contributed by atoms with Crippen LogP contribution in [0.2, 0.25) is 0 Å². The lowest BCUT2D eigenvalue weighted by Crippen LogP contribution is -2.44. The maximum absolute atomic E-state index is 13.8. The number of nitrogens with two attached hydrogens (primary N) is 1. The van der Waals surface area contributed by atoms with E-state index in [0.717, 1.165) is 31.2 Å². The summed E-state index contributed by atoms with van der Waals surface area (Å²) >= 11 is 0. The van der Waals surface area contributed by atoms with Crippen molar-refractivity contribution in [2.24, 2.45) is 0 Å². The zero-order valence-electron chi connectivity index (χ0n) is 20.5. The predicted octanol–water partition coefficient (Wildman–Crippen LogP) is 3.64. The van der Waals surface area contributed by atoms with Crippen molar-refractivity contribution in [2.75, 3.05) is 12.3 Å². The molecule has 1 unspecified atom stereocenters. The van der Waals surface area contributed by atoms with Crippen molar-refractivity contribution < 1.29 is 33.1 Å². The number of benzene rings is 1. The third-order valence-corrected chi connectivity index (χ3v) is 9.34. The van der Waals surface area contributed by atoms with Gasteiger partial charge in [-0.15, -0.1) is 0 Å². The molecule has 2 aliphatic heterocycles. The molecule has 1 saturated carbocycles. The number of phosphoric ester groups is 1. The summed E-state index contributed by atoms with van der Waals surface area (Å²) in [6, 6.07) is 11.3. The number of ether oxygens (including phenoxy) is 1. The minimum atomic E-state index is -4.01. The van der Waals surface area contributed by atoms with E-state index in [0.29, 0.717) is 23.3 Å². The Kier molecular flexibility index (Phi) is 6.15. The van der Waals surface area contributed by atoms with Crippen molar-refractivity contribution in [1.29, 1.82) is 0 Å². The second-order valence-corrected chi connectivity index (χ2v) is 11.9. The molecule has 12 heteroatoms. The summed E-state index contributed by atoms with van der Waals surface area (Å²) in [5.74, 6) is 0.292. The zero-order valence-corrected chi connectivity index (χ0v) is 21.4. The standard InChI is InChI=1S/C25H31N4O7P/c1-24(31)20(30)19(34-23(24)29-12-9-17-21(26)27-15-28-22(17)29)14-33-37(32)35-18(16-7-3-2-4-8-16)13-25(36-37)10-5-6-11-25/h2-4,7-9,12,15,18-20,23,30-31H,5-6,10-11,13-14H2,1H3,(H2,26,27,28)/t18-,19+,20+,23+,24+,37?/m0/s1. The molecule has 3 fully saturated rings. The molecule has 1 spiro atoms. The van der Waals surface area contributed by atoms with Crippen molar-refractivity contribution in [2.45, 2.75) is 74.8 Å². The second kappa shape index (κ2) is 9.13. The Hall–Kier alpha value is -2.37. The van der Waals surface area contributed by atoms with E-state index in [1.165, 1.54) is 13.3 Å². The molecule has 37 heavy (non-hydrogen) atoms. The Balaban J connectivity index is 1.22. The zero-order chi connectivity index (χ0) is 25.8. The van der Waals surface area contributed by atoms with Crippen molar-refractivity contribution in [3.63, 3.8) is 0 Å². The molecule has 3 aromatic rings. The fourth-order valence-corrected chi connectivity index (χ4v) is 7.49. The number of nitrogens with zero attached hydrogens (tertiary/aromatic N) is 3. The van der Waals surface area contributed by atoms with Crippen LogP contribution in [0.5, 0.6) is 0 Å². The second-order valence-electron chi connectivity index (χ2n) is 10.3. The third kappa shape index (κ3) is 4.38. The van der Waals surface area contributed by atoms with Gasteiger partial charge in [-0.25, -0.2) is 14.5 Å². The van der Waals surface area contributed by atoms with Crippen molar-refractivity contribution in [1.82, 2.24) is 14.5 Å². The van der Waals surface area contributed by atoms with Crippen LogP contribution in [0.15, 0.2) is 48.9 Å². The molecule has 0 bridgehead atoms. The number of aromatic nitrogens is 3. The Morgan fingerprint density at radius 2 is 1.97 bits per heavy atom. The van der Waals surface area contributed by atoms with Crippen LogP contribution in [0.1, 0.15) is 56.9 Å². The van der Waals surface area contributed by atoms with Crippen LogP contribution in [0, 0.1) is 0 Å². The van der Waals surface area contributed by atoms with Crippen LogP contribution in [0.4, 0.5) is 5.82 Å². The summed E-state index contributed by atoms with van der Waals surface area (Å²) < 4.78 is 39.3. The summed E-state index contributed by atoms with van der Waals surface area (Å²) in [4.78, 5) is 8.24. The fourth-order valence-electron chi connectivity index (χ4n) is 5.77. The van der Waals surface area contributed by atoms with Gasteiger partial charge in [-0.1, -0.05) is 43.2 Å². The lowest BCUT2D eigenvalue weighted by Gasteiger charge is -2.41. The Morgan fingerprint density at radius 1 is 1.22 bits per heavy atom. The molecule has 2 saturated heterocycles. The number of aliphatic hydroxyl groups is 2. The third-order valence-electron chi connectivity index (χ3n) is 7.75. The summed E-state index contributed by atoms with van der Waals surface area (Å²) in [6.07, 6.45) is 3.28. The van der Waals surface area contributed by atoms with Gasteiger partial charge in [0.1, 0.15) is 35.6 Å². The van der Waals surface area contributed by atoms with Gasteiger partial charge in [-0.3, -0.25) is 13.6 Å². The van der Waals surface area contributed by atoms with Gasteiger partial charge in [0.05, 0.1) is 23.7 Å². The summed E-state index contributed by atoms with van der Waals surface area (Å²) in [6.45, 7) is 1.16. The molecule has 0 radical (unpaired) electrons. The van der Waals surface area contributed by atoms with Crippen LogP contribution in [-0.2, 0) is 22.9 Å². The van der Waals surface area contributed by atoms with Crippen LogP contribution in [-0.4, -0.2) is 54.8 Å². The number of phosphoric acid groups is 1.